The summed E-state index contributed by atoms with van der Waals surface area (Å²) >= 11 is 1.60. The molecule has 0 saturated heterocycles. The topological polar surface area (TPSA) is 52.9 Å². The molecule has 0 atom stereocenters. The summed E-state index contributed by atoms with van der Waals surface area (Å²) in [5.74, 6) is 0.745. The Balaban J connectivity index is 2.22. The fraction of sp³-hybridized carbons (Fsp3) is 0.429. The molecule has 12 heavy (non-hydrogen) atoms. The molecule has 0 saturated carbocycles. The maximum absolute atomic E-state index is 10.6. The van der Waals surface area contributed by atoms with Gasteiger partial charge in [-0.3, -0.25) is 9.89 Å². The molecular formula is C7H8N2O2S. The minimum atomic E-state index is -0.881. The third kappa shape index (κ3) is 1.20. The highest BCUT2D eigenvalue weighted by atomic mass is 32.2. The standard InChI is InChI=1S/C7H8N2O2S/c10-7(11)9-2-1-5-6(3-9)12-4-8-5/h3H,1-2,4H2,(H,10,11). The van der Waals surface area contributed by atoms with Crippen molar-refractivity contribution in [1.29, 1.82) is 0 Å². The molecule has 0 unspecified atom stereocenters. The van der Waals surface area contributed by atoms with Gasteiger partial charge in [0.2, 0.25) is 0 Å². The highest BCUT2D eigenvalue weighted by Crippen LogP contribution is 2.29. The van der Waals surface area contributed by atoms with E-state index in [0.29, 0.717) is 6.54 Å². The van der Waals surface area contributed by atoms with E-state index in [1.165, 1.54) is 4.90 Å². The smallest absolute Gasteiger partial charge is 0.411 e. The van der Waals surface area contributed by atoms with Crippen LogP contribution in [0, 0.1) is 0 Å². The summed E-state index contributed by atoms with van der Waals surface area (Å²) in [6, 6.07) is 0. The van der Waals surface area contributed by atoms with Gasteiger partial charge < -0.3 is 5.11 Å². The van der Waals surface area contributed by atoms with Gasteiger partial charge in [0.1, 0.15) is 0 Å². The largest absolute Gasteiger partial charge is 0.465 e. The van der Waals surface area contributed by atoms with Gasteiger partial charge in [-0.25, -0.2) is 4.79 Å². The molecule has 2 heterocycles. The first-order valence-corrected chi connectivity index (χ1v) is 4.64. The number of aliphatic imine (C=N–C) groups is 1. The van der Waals surface area contributed by atoms with Crippen LogP contribution in [0.15, 0.2) is 16.1 Å². The number of hydrogen-bond donors (Lipinski definition) is 1. The lowest BCUT2D eigenvalue weighted by Gasteiger charge is -2.20. The molecule has 1 N–H and O–H groups in total. The van der Waals surface area contributed by atoms with E-state index < -0.39 is 6.09 Å². The van der Waals surface area contributed by atoms with Crippen LogP contribution in [0.1, 0.15) is 6.42 Å². The van der Waals surface area contributed by atoms with Crippen molar-refractivity contribution in [3.8, 4) is 0 Å². The molecule has 5 heteroatoms. The molecule has 0 aliphatic carbocycles. The van der Waals surface area contributed by atoms with Crippen LogP contribution in [0.3, 0.4) is 0 Å². The third-order valence-electron chi connectivity index (χ3n) is 1.87. The molecule has 0 spiro atoms. The zero-order valence-electron chi connectivity index (χ0n) is 6.36. The quantitative estimate of drug-likeness (QED) is 0.618. The third-order valence-corrected chi connectivity index (χ3v) is 2.78. The van der Waals surface area contributed by atoms with Crippen molar-refractivity contribution in [3.63, 3.8) is 0 Å². The summed E-state index contributed by atoms with van der Waals surface area (Å²) in [4.78, 5) is 17.1. The van der Waals surface area contributed by atoms with Crippen LogP contribution in [0.4, 0.5) is 4.79 Å². The number of allylic oxidation sites excluding steroid dienone is 1. The molecule has 0 aromatic heterocycles. The highest BCUT2D eigenvalue weighted by molar-refractivity contribution is 8.04. The van der Waals surface area contributed by atoms with Crippen molar-refractivity contribution in [2.75, 3.05) is 12.4 Å². The number of rotatable bonds is 0. The van der Waals surface area contributed by atoms with Gasteiger partial charge in [0.05, 0.1) is 11.6 Å². The molecule has 0 aromatic rings. The van der Waals surface area contributed by atoms with Gasteiger partial charge in [-0.15, -0.1) is 0 Å². The van der Waals surface area contributed by atoms with Crippen LogP contribution >= 0.6 is 11.8 Å². The van der Waals surface area contributed by atoms with Crippen molar-refractivity contribution in [2.45, 2.75) is 6.42 Å². The maximum atomic E-state index is 10.6. The Morgan fingerprint density at radius 2 is 2.58 bits per heavy atom. The second-order valence-corrected chi connectivity index (χ2v) is 3.58. The molecule has 4 nitrogen and oxygen atoms in total. The molecule has 0 bridgehead atoms. The number of nitrogens with zero attached hydrogens (tertiary/aromatic N) is 2. The van der Waals surface area contributed by atoms with E-state index >= 15 is 0 Å². The fourth-order valence-electron chi connectivity index (χ4n) is 1.24. The Morgan fingerprint density at radius 1 is 1.75 bits per heavy atom. The average Bonchev–Trinajstić information content (AvgIpc) is 2.49. The zero-order valence-corrected chi connectivity index (χ0v) is 7.17. The number of carboxylic acid groups (broad SMARTS) is 1. The number of amides is 1. The Hall–Kier alpha value is -0.970. The van der Waals surface area contributed by atoms with Gasteiger partial charge in [0, 0.05) is 24.1 Å². The average molecular weight is 184 g/mol. The lowest BCUT2D eigenvalue weighted by Crippen LogP contribution is -2.30. The molecule has 0 fully saturated rings. The molecule has 0 radical (unpaired) electrons. The molecule has 2 rings (SSSR count). The van der Waals surface area contributed by atoms with Crippen LogP contribution in [0.5, 0.6) is 0 Å². The first kappa shape index (κ1) is 7.67. The van der Waals surface area contributed by atoms with Crippen molar-refractivity contribution in [3.05, 3.63) is 11.1 Å². The van der Waals surface area contributed by atoms with E-state index in [1.54, 1.807) is 18.0 Å². The number of fused-ring (bicyclic) bond motifs is 1. The summed E-state index contributed by atoms with van der Waals surface area (Å²) < 4.78 is 0. The van der Waals surface area contributed by atoms with E-state index in [4.69, 9.17) is 5.11 Å². The van der Waals surface area contributed by atoms with Crippen molar-refractivity contribution in [2.24, 2.45) is 4.99 Å². The Bertz CT molecular complexity index is 285. The van der Waals surface area contributed by atoms with E-state index in [1.807, 2.05) is 0 Å². The second-order valence-electron chi connectivity index (χ2n) is 2.60. The molecule has 0 aromatic carbocycles. The Kier molecular flexibility index (Phi) is 1.80. The van der Waals surface area contributed by atoms with E-state index in [0.717, 1.165) is 22.9 Å². The Morgan fingerprint density at radius 3 is 3.33 bits per heavy atom. The van der Waals surface area contributed by atoms with Gasteiger partial charge in [-0.05, 0) is 0 Å². The summed E-state index contributed by atoms with van der Waals surface area (Å²) in [6.07, 6.45) is 1.54. The normalized spacial score (nSPS) is 21.5. The van der Waals surface area contributed by atoms with Crippen LogP contribution in [-0.2, 0) is 0 Å². The molecular weight excluding hydrogens is 176 g/mol. The summed E-state index contributed by atoms with van der Waals surface area (Å²) in [7, 11) is 0. The van der Waals surface area contributed by atoms with E-state index in [9.17, 15) is 4.79 Å². The summed E-state index contributed by atoms with van der Waals surface area (Å²) in [5, 5.41) is 8.69. The van der Waals surface area contributed by atoms with E-state index in [-0.39, 0.29) is 0 Å². The minimum Gasteiger partial charge on any atom is -0.465 e. The molecule has 1 amide bonds. The lowest BCUT2D eigenvalue weighted by molar-refractivity contribution is 0.163. The van der Waals surface area contributed by atoms with Crippen LogP contribution < -0.4 is 0 Å². The van der Waals surface area contributed by atoms with E-state index in [2.05, 4.69) is 4.99 Å². The predicted molar refractivity (Wildman–Crippen MR) is 47.3 cm³/mol. The monoisotopic (exact) mass is 184 g/mol. The Labute approximate surface area is 74.0 Å². The molecule has 64 valence electrons. The molecule has 2 aliphatic heterocycles. The van der Waals surface area contributed by atoms with Crippen LogP contribution in [0.2, 0.25) is 0 Å². The highest BCUT2D eigenvalue weighted by Gasteiger charge is 2.23. The maximum Gasteiger partial charge on any atom is 0.411 e. The zero-order chi connectivity index (χ0) is 8.55. The van der Waals surface area contributed by atoms with Gasteiger partial charge in [-0.2, -0.15) is 0 Å². The lowest BCUT2D eigenvalue weighted by atomic mass is 10.2. The van der Waals surface area contributed by atoms with Crippen molar-refractivity contribution < 1.29 is 9.90 Å². The molecule has 2 aliphatic rings. The van der Waals surface area contributed by atoms with Gasteiger partial charge >= 0.3 is 6.09 Å². The number of thioether (sulfide) groups is 1. The fourth-order valence-corrected chi connectivity index (χ4v) is 2.13. The van der Waals surface area contributed by atoms with Gasteiger partial charge in [0.15, 0.2) is 0 Å². The first-order valence-electron chi connectivity index (χ1n) is 3.65. The first-order chi connectivity index (χ1) is 5.77. The second kappa shape index (κ2) is 2.82. The number of carbonyl (C=O) groups is 1. The van der Waals surface area contributed by atoms with Crippen LogP contribution in [0.25, 0.3) is 0 Å². The minimum absolute atomic E-state index is 0.540. The van der Waals surface area contributed by atoms with Crippen LogP contribution in [-0.4, -0.2) is 34.2 Å². The summed E-state index contributed by atoms with van der Waals surface area (Å²) in [6.45, 7) is 0.540. The van der Waals surface area contributed by atoms with Crippen molar-refractivity contribution >= 4 is 23.6 Å². The van der Waals surface area contributed by atoms with Gasteiger partial charge in [0.25, 0.3) is 0 Å². The van der Waals surface area contributed by atoms with Gasteiger partial charge in [-0.1, -0.05) is 11.8 Å². The SMILES string of the molecule is O=C(O)N1C=C2SCN=C2CC1. The summed E-state index contributed by atoms with van der Waals surface area (Å²) in [5.41, 5.74) is 1.07. The predicted octanol–water partition coefficient (Wildman–Crippen LogP) is 1.36. The number of hydrogen-bond acceptors (Lipinski definition) is 3. The van der Waals surface area contributed by atoms with Crippen molar-refractivity contribution in [1.82, 2.24) is 4.90 Å².